The minimum absolute atomic E-state index is 0.542. The third kappa shape index (κ3) is 1.80. The molecule has 0 spiro atoms. The molecule has 1 rings (SSSR count). The van der Waals surface area contributed by atoms with Crippen molar-refractivity contribution in [3.8, 4) is 0 Å². The molecule has 0 atom stereocenters. The molecular weight excluding hydrogens is 160 g/mol. The zero-order valence-electron chi connectivity index (χ0n) is 8.77. The van der Waals surface area contributed by atoms with E-state index in [2.05, 4.69) is 33.8 Å². The van der Waals surface area contributed by atoms with Crippen molar-refractivity contribution in [2.75, 3.05) is 0 Å². The second kappa shape index (κ2) is 3.73. The van der Waals surface area contributed by atoms with Crippen LogP contribution in [0.1, 0.15) is 27.8 Å². The first-order valence-electron chi connectivity index (χ1n) is 4.57. The van der Waals surface area contributed by atoms with Crippen LogP contribution >= 0.6 is 0 Å². The van der Waals surface area contributed by atoms with Crippen molar-refractivity contribution in [1.82, 2.24) is 0 Å². The first-order chi connectivity index (χ1) is 6.07. The lowest BCUT2D eigenvalue weighted by atomic mass is 9.93. The molecule has 13 heavy (non-hydrogen) atoms. The number of aldehydes is 1. The molecule has 0 saturated heterocycles. The van der Waals surface area contributed by atoms with E-state index >= 15 is 0 Å². The lowest BCUT2D eigenvalue weighted by Gasteiger charge is -2.12. The highest BCUT2D eigenvalue weighted by molar-refractivity contribution is 5.59. The van der Waals surface area contributed by atoms with Gasteiger partial charge in [-0.3, -0.25) is 0 Å². The van der Waals surface area contributed by atoms with Crippen molar-refractivity contribution in [3.05, 3.63) is 33.9 Å². The van der Waals surface area contributed by atoms with Crippen molar-refractivity contribution in [2.45, 2.75) is 34.1 Å². The van der Waals surface area contributed by atoms with Crippen LogP contribution in [-0.4, -0.2) is 6.29 Å². The van der Waals surface area contributed by atoms with Crippen LogP contribution in [0.5, 0.6) is 0 Å². The third-order valence-electron chi connectivity index (χ3n) is 2.81. The normalized spacial score (nSPS) is 10.2. The predicted octanol–water partition coefficient (Wildman–Crippen LogP) is 2.66. The van der Waals surface area contributed by atoms with Gasteiger partial charge in [0.2, 0.25) is 0 Å². The van der Waals surface area contributed by atoms with Crippen LogP contribution < -0.4 is 0 Å². The summed E-state index contributed by atoms with van der Waals surface area (Å²) in [4.78, 5) is 10.5. The van der Waals surface area contributed by atoms with Gasteiger partial charge in [0.1, 0.15) is 6.29 Å². The number of carbonyl (C=O) groups excluding carboxylic acids is 1. The van der Waals surface area contributed by atoms with Crippen LogP contribution in [0.3, 0.4) is 0 Å². The SMILES string of the molecule is Cc1cc(C)c(C)c(CC=O)c1C. The summed E-state index contributed by atoms with van der Waals surface area (Å²) in [5.41, 5.74) is 6.28. The second-order valence-corrected chi connectivity index (χ2v) is 3.61. The van der Waals surface area contributed by atoms with Gasteiger partial charge in [0, 0.05) is 6.42 Å². The summed E-state index contributed by atoms with van der Waals surface area (Å²) in [6, 6.07) is 2.18. The Hall–Kier alpha value is -1.11. The molecule has 0 aromatic heterocycles. The van der Waals surface area contributed by atoms with Gasteiger partial charge in [-0.1, -0.05) is 6.07 Å². The monoisotopic (exact) mass is 176 g/mol. The standard InChI is InChI=1S/C12H16O/c1-8-7-9(2)11(4)12(5-6-13)10(8)3/h6-7H,5H2,1-4H3. The minimum Gasteiger partial charge on any atom is -0.303 e. The summed E-state index contributed by atoms with van der Waals surface area (Å²) < 4.78 is 0. The summed E-state index contributed by atoms with van der Waals surface area (Å²) in [6.45, 7) is 8.35. The largest absolute Gasteiger partial charge is 0.303 e. The Labute approximate surface area is 79.8 Å². The van der Waals surface area contributed by atoms with Gasteiger partial charge in [-0.05, 0) is 55.5 Å². The molecule has 0 unspecified atom stereocenters. The third-order valence-corrected chi connectivity index (χ3v) is 2.81. The van der Waals surface area contributed by atoms with Crippen LogP contribution in [0.2, 0.25) is 0 Å². The Morgan fingerprint density at radius 1 is 1.08 bits per heavy atom. The van der Waals surface area contributed by atoms with E-state index in [9.17, 15) is 4.79 Å². The van der Waals surface area contributed by atoms with Crippen molar-refractivity contribution < 1.29 is 4.79 Å². The quantitative estimate of drug-likeness (QED) is 0.633. The van der Waals surface area contributed by atoms with Crippen LogP contribution in [0, 0.1) is 27.7 Å². The van der Waals surface area contributed by atoms with Crippen LogP contribution in [-0.2, 0) is 11.2 Å². The van der Waals surface area contributed by atoms with Crippen molar-refractivity contribution in [3.63, 3.8) is 0 Å². The molecule has 1 aromatic carbocycles. The number of carbonyl (C=O) groups is 1. The highest BCUT2D eigenvalue weighted by Gasteiger charge is 2.06. The lowest BCUT2D eigenvalue weighted by Crippen LogP contribution is -1.99. The highest BCUT2D eigenvalue weighted by Crippen LogP contribution is 2.21. The second-order valence-electron chi connectivity index (χ2n) is 3.61. The number of rotatable bonds is 2. The van der Waals surface area contributed by atoms with Gasteiger partial charge in [-0.15, -0.1) is 0 Å². The smallest absolute Gasteiger partial charge is 0.124 e. The molecule has 0 aliphatic heterocycles. The molecule has 0 saturated carbocycles. The van der Waals surface area contributed by atoms with E-state index in [1.165, 1.54) is 27.8 Å². The Morgan fingerprint density at radius 2 is 1.54 bits per heavy atom. The van der Waals surface area contributed by atoms with E-state index in [1.807, 2.05) is 0 Å². The maximum absolute atomic E-state index is 10.5. The molecule has 0 bridgehead atoms. The molecule has 0 aliphatic rings. The van der Waals surface area contributed by atoms with Crippen LogP contribution in [0.4, 0.5) is 0 Å². The van der Waals surface area contributed by atoms with Crippen molar-refractivity contribution in [1.29, 1.82) is 0 Å². The Bertz CT molecular complexity index is 311. The van der Waals surface area contributed by atoms with E-state index in [0.717, 1.165) is 6.29 Å². The van der Waals surface area contributed by atoms with Crippen LogP contribution in [0.25, 0.3) is 0 Å². The first kappa shape index (κ1) is 9.97. The van der Waals surface area contributed by atoms with E-state index < -0.39 is 0 Å². The van der Waals surface area contributed by atoms with E-state index in [-0.39, 0.29) is 0 Å². The predicted molar refractivity (Wildman–Crippen MR) is 55.2 cm³/mol. The van der Waals surface area contributed by atoms with Gasteiger partial charge in [-0.25, -0.2) is 0 Å². The molecule has 0 radical (unpaired) electrons. The molecule has 0 amide bonds. The van der Waals surface area contributed by atoms with Gasteiger partial charge in [0.05, 0.1) is 0 Å². The molecule has 70 valence electrons. The molecule has 0 fully saturated rings. The molecule has 0 heterocycles. The topological polar surface area (TPSA) is 17.1 Å². The van der Waals surface area contributed by atoms with Gasteiger partial charge in [0.25, 0.3) is 0 Å². The zero-order valence-corrected chi connectivity index (χ0v) is 8.77. The number of benzene rings is 1. The Morgan fingerprint density at radius 3 is 1.92 bits per heavy atom. The van der Waals surface area contributed by atoms with E-state index in [4.69, 9.17) is 0 Å². The maximum atomic E-state index is 10.5. The molecule has 1 heteroatoms. The first-order valence-corrected chi connectivity index (χ1v) is 4.57. The van der Waals surface area contributed by atoms with Gasteiger partial charge >= 0.3 is 0 Å². The molecule has 0 N–H and O–H groups in total. The maximum Gasteiger partial charge on any atom is 0.124 e. The lowest BCUT2D eigenvalue weighted by molar-refractivity contribution is -0.107. The summed E-state index contributed by atoms with van der Waals surface area (Å²) >= 11 is 0. The van der Waals surface area contributed by atoms with Crippen molar-refractivity contribution >= 4 is 6.29 Å². The van der Waals surface area contributed by atoms with Crippen molar-refractivity contribution in [2.24, 2.45) is 0 Å². The van der Waals surface area contributed by atoms with E-state index in [0.29, 0.717) is 6.42 Å². The average molecular weight is 176 g/mol. The van der Waals surface area contributed by atoms with Gasteiger partial charge in [0.15, 0.2) is 0 Å². The van der Waals surface area contributed by atoms with Gasteiger partial charge < -0.3 is 4.79 Å². The Balaban J connectivity index is 3.36. The Kier molecular flexibility index (Phi) is 2.86. The fourth-order valence-corrected chi connectivity index (χ4v) is 1.69. The number of hydrogen-bond acceptors (Lipinski definition) is 1. The summed E-state index contributed by atoms with van der Waals surface area (Å²) in [5.74, 6) is 0. The summed E-state index contributed by atoms with van der Waals surface area (Å²) in [5, 5.41) is 0. The fraction of sp³-hybridized carbons (Fsp3) is 0.417. The van der Waals surface area contributed by atoms with E-state index in [1.54, 1.807) is 0 Å². The molecule has 1 nitrogen and oxygen atoms in total. The average Bonchev–Trinajstić information content (AvgIpc) is 2.09. The minimum atomic E-state index is 0.542. The zero-order chi connectivity index (χ0) is 10.0. The molecule has 0 aliphatic carbocycles. The number of aryl methyl sites for hydroxylation is 2. The van der Waals surface area contributed by atoms with Gasteiger partial charge in [-0.2, -0.15) is 0 Å². The number of hydrogen-bond donors (Lipinski definition) is 0. The molecular formula is C12H16O. The fourth-order valence-electron chi connectivity index (χ4n) is 1.69. The summed E-state index contributed by atoms with van der Waals surface area (Å²) in [6.07, 6.45) is 1.52. The molecule has 1 aromatic rings. The highest BCUT2D eigenvalue weighted by atomic mass is 16.1. The summed E-state index contributed by atoms with van der Waals surface area (Å²) in [7, 11) is 0. The van der Waals surface area contributed by atoms with Crippen LogP contribution in [0.15, 0.2) is 6.07 Å².